The fraction of sp³-hybridized carbons (Fsp3) is 0.167. The van der Waals surface area contributed by atoms with Crippen LogP contribution in [0, 0.1) is 0 Å². The van der Waals surface area contributed by atoms with Gasteiger partial charge in [0.15, 0.2) is 6.04 Å². The molecule has 0 radical (unpaired) electrons. The van der Waals surface area contributed by atoms with E-state index in [1.165, 1.54) is 11.3 Å². The van der Waals surface area contributed by atoms with Crippen LogP contribution >= 0.6 is 11.3 Å². The number of rotatable bonds is 5. The summed E-state index contributed by atoms with van der Waals surface area (Å²) >= 11 is 1.34. The van der Waals surface area contributed by atoms with Crippen molar-refractivity contribution in [3.8, 4) is 0 Å². The third-order valence-electron chi connectivity index (χ3n) is 2.30. The second-order valence-electron chi connectivity index (χ2n) is 3.51. The number of carboxylic acids is 1. The number of nitrogens with one attached hydrogen (secondary N) is 1. The zero-order valence-electron chi connectivity index (χ0n) is 9.04. The molecule has 5 heteroatoms. The van der Waals surface area contributed by atoms with Gasteiger partial charge in [-0.1, -0.05) is 30.3 Å². The number of thiazole rings is 1. The van der Waals surface area contributed by atoms with Crippen LogP contribution in [0.2, 0.25) is 0 Å². The molecular weight excluding hydrogens is 236 g/mol. The van der Waals surface area contributed by atoms with Gasteiger partial charge in [-0.05, 0) is 5.56 Å². The van der Waals surface area contributed by atoms with Crippen LogP contribution in [0.1, 0.15) is 16.6 Å². The van der Waals surface area contributed by atoms with E-state index >= 15 is 0 Å². The van der Waals surface area contributed by atoms with Crippen molar-refractivity contribution in [2.75, 3.05) is 0 Å². The summed E-state index contributed by atoms with van der Waals surface area (Å²) in [6, 6.07) is 8.95. The predicted molar refractivity (Wildman–Crippen MR) is 65.8 cm³/mol. The quantitative estimate of drug-likeness (QED) is 0.850. The summed E-state index contributed by atoms with van der Waals surface area (Å²) in [6.45, 7) is 0.511. The van der Waals surface area contributed by atoms with Crippen molar-refractivity contribution < 1.29 is 9.90 Å². The largest absolute Gasteiger partial charge is 0.480 e. The molecule has 0 bridgehead atoms. The number of aliphatic carboxylic acids is 1. The Hall–Kier alpha value is -1.72. The average Bonchev–Trinajstić information content (AvgIpc) is 2.84. The van der Waals surface area contributed by atoms with E-state index in [1.54, 1.807) is 11.6 Å². The molecule has 0 aliphatic heterocycles. The van der Waals surface area contributed by atoms with E-state index in [4.69, 9.17) is 5.11 Å². The molecule has 1 atom stereocenters. The van der Waals surface area contributed by atoms with Gasteiger partial charge in [-0.25, -0.2) is 4.98 Å². The number of hydrogen-bond donors (Lipinski definition) is 2. The highest BCUT2D eigenvalue weighted by Gasteiger charge is 2.21. The molecule has 2 rings (SSSR count). The SMILES string of the molecule is O=C(O)C(NCc1ccccc1)c1nccs1. The molecular formula is C12H12N2O2S. The molecule has 0 aliphatic rings. The minimum absolute atomic E-state index is 0.511. The maximum atomic E-state index is 11.1. The van der Waals surface area contributed by atoms with Crippen molar-refractivity contribution in [3.05, 3.63) is 52.5 Å². The van der Waals surface area contributed by atoms with Gasteiger partial charge in [0.1, 0.15) is 5.01 Å². The summed E-state index contributed by atoms with van der Waals surface area (Å²) < 4.78 is 0. The van der Waals surface area contributed by atoms with Gasteiger partial charge < -0.3 is 5.11 Å². The third kappa shape index (κ3) is 3.12. The van der Waals surface area contributed by atoms with E-state index < -0.39 is 12.0 Å². The zero-order valence-corrected chi connectivity index (χ0v) is 9.85. The fourth-order valence-electron chi connectivity index (χ4n) is 1.47. The Morgan fingerprint density at radius 2 is 2.18 bits per heavy atom. The van der Waals surface area contributed by atoms with Crippen LogP contribution in [-0.2, 0) is 11.3 Å². The molecule has 0 fully saturated rings. The predicted octanol–water partition coefficient (Wildman–Crippen LogP) is 2.06. The zero-order chi connectivity index (χ0) is 12.1. The number of nitrogens with zero attached hydrogens (tertiary/aromatic N) is 1. The topological polar surface area (TPSA) is 62.2 Å². The Morgan fingerprint density at radius 1 is 1.41 bits per heavy atom. The number of hydrogen-bond acceptors (Lipinski definition) is 4. The standard InChI is InChI=1S/C12H12N2O2S/c15-12(16)10(11-13-6-7-17-11)14-8-9-4-2-1-3-5-9/h1-7,10,14H,8H2,(H,15,16). The normalized spacial score (nSPS) is 12.2. The Morgan fingerprint density at radius 3 is 2.76 bits per heavy atom. The van der Waals surface area contributed by atoms with Crippen LogP contribution < -0.4 is 5.32 Å². The number of benzene rings is 1. The molecule has 0 saturated carbocycles. The lowest BCUT2D eigenvalue weighted by atomic mass is 10.2. The molecule has 1 aromatic carbocycles. The molecule has 0 saturated heterocycles. The van der Waals surface area contributed by atoms with Crippen molar-refractivity contribution in [3.63, 3.8) is 0 Å². The van der Waals surface area contributed by atoms with Crippen molar-refractivity contribution >= 4 is 17.3 Å². The van der Waals surface area contributed by atoms with Crippen molar-refractivity contribution in [1.29, 1.82) is 0 Å². The van der Waals surface area contributed by atoms with E-state index in [1.807, 2.05) is 30.3 Å². The Bertz CT molecular complexity index is 471. The van der Waals surface area contributed by atoms with Gasteiger partial charge in [0.2, 0.25) is 0 Å². The molecule has 1 unspecified atom stereocenters. The van der Waals surface area contributed by atoms with Gasteiger partial charge in [-0.15, -0.1) is 11.3 Å². The van der Waals surface area contributed by atoms with Gasteiger partial charge in [-0.3, -0.25) is 10.1 Å². The van der Waals surface area contributed by atoms with Gasteiger partial charge in [0.05, 0.1) is 0 Å². The molecule has 4 nitrogen and oxygen atoms in total. The first-order valence-corrected chi connectivity index (χ1v) is 6.05. The first-order valence-electron chi connectivity index (χ1n) is 5.17. The second kappa shape index (κ2) is 5.56. The fourth-order valence-corrected chi connectivity index (χ4v) is 2.18. The first kappa shape index (κ1) is 11.8. The number of carboxylic acid groups (broad SMARTS) is 1. The van der Waals surface area contributed by atoms with Gasteiger partial charge in [-0.2, -0.15) is 0 Å². The highest BCUT2D eigenvalue weighted by atomic mass is 32.1. The maximum Gasteiger partial charge on any atom is 0.327 e. The van der Waals surface area contributed by atoms with Crippen LogP contribution in [-0.4, -0.2) is 16.1 Å². The van der Waals surface area contributed by atoms with Gasteiger partial charge in [0, 0.05) is 18.1 Å². The average molecular weight is 248 g/mol. The summed E-state index contributed by atoms with van der Waals surface area (Å²) in [7, 11) is 0. The minimum Gasteiger partial charge on any atom is -0.480 e. The summed E-state index contributed by atoms with van der Waals surface area (Å²) in [5.74, 6) is -0.907. The third-order valence-corrected chi connectivity index (χ3v) is 3.14. The van der Waals surface area contributed by atoms with Crippen molar-refractivity contribution in [1.82, 2.24) is 10.3 Å². The van der Waals surface area contributed by atoms with E-state index in [2.05, 4.69) is 10.3 Å². The smallest absolute Gasteiger partial charge is 0.327 e. The number of carbonyl (C=O) groups is 1. The molecule has 88 valence electrons. The Kier molecular flexibility index (Phi) is 3.85. The second-order valence-corrected chi connectivity index (χ2v) is 4.43. The molecule has 0 spiro atoms. The molecule has 1 heterocycles. The van der Waals surface area contributed by atoms with E-state index in [-0.39, 0.29) is 0 Å². The van der Waals surface area contributed by atoms with Crippen LogP contribution in [0.4, 0.5) is 0 Å². The van der Waals surface area contributed by atoms with Crippen LogP contribution in [0.3, 0.4) is 0 Å². The monoisotopic (exact) mass is 248 g/mol. The van der Waals surface area contributed by atoms with Crippen molar-refractivity contribution in [2.24, 2.45) is 0 Å². The summed E-state index contributed by atoms with van der Waals surface area (Å²) in [6.07, 6.45) is 1.61. The van der Waals surface area contributed by atoms with E-state index in [9.17, 15) is 4.79 Å². The summed E-state index contributed by atoms with van der Waals surface area (Å²) in [5.41, 5.74) is 1.05. The summed E-state index contributed by atoms with van der Waals surface area (Å²) in [5, 5.41) is 14.5. The molecule has 2 N–H and O–H groups in total. The first-order chi connectivity index (χ1) is 8.27. The van der Waals surface area contributed by atoms with Crippen LogP contribution in [0.5, 0.6) is 0 Å². The molecule has 0 amide bonds. The van der Waals surface area contributed by atoms with Gasteiger partial charge >= 0.3 is 5.97 Å². The summed E-state index contributed by atoms with van der Waals surface area (Å²) in [4.78, 5) is 15.1. The lowest BCUT2D eigenvalue weighted by Crippen LogP contribution is -2.27. The molecule has 0 aliphatic carbocycles. The molecule has 1 aromatic heterocycles. The molecule has 17 heavy (non-hydrogen) atoms. The lowest BCUT2D eigenvalue weighted by molar-refractivity contribution is -0.139. The molecule has 2 aromatic rings. The highest BCUT2D eigenvalue weighted by molar-refractivity contribution is 7.09. The Balaban J connectivity index is 2.03. The van der Waals surface area contributed by atoms with E-state index in [0.717, 1.165) is 5.56 Å². The lowest BCUT2D eigenvalue weighted by Gasteiger charge is -2.11. The van der Waals surface area contributed by atoms with Gasteiger partial charge in [0.25, 0.3) is 0 Å². The van der Waals surface area contributed by atoms with Crippen molar-refractivity contribution in [2.45, 2.75) is 12.6 Å². The Labute approximate surface area is 103 Å². The maximum absolute atomic E-state index is 11.1. The minimum atomic E-state index is -0.907. The van der Waals surface area contributed by atoms with Crippen LogP contribution in [0.15, 0.2) is 41.9 Å². The van der Waals surface area contributed by atoms with Crippen LogP contribution in [0.25, 0.3) is 0 Å². The number of aromatic nitrogens is 1. The van der Waals surface area contributed by atoms with E-state index in [0.29, 0.717) is 11.6 Å². The highest BCUT2D eigenvalue weighted by Crippen LogP contribution is 2.16.